The minimum Gasteiger partial charge on any atom is -0.348 e. The van der Waals surface area contributed by atoms with Crippen LogP contribution in [0, 0.1) is 6.92 Å². The predicted molar refractivity (Wildman–Crippen MR) is 98.7 cm³/mol. The Labute approximate surface area is 154 Å². The molecule has 0 aliphatic heterocycles. The maximum absolute atomic E-state index is 12.2. The van der Waals surface area contributed by atoms with E-state index in [1.165, 1.54) is 4.80 Å². The first kappa shape index (κ1) is 17.3. The fraction of sp³-hybridized carbons (Fsp3) is 0.222. The summed E-state index contributed by atoms with van der Waals surface area (Å²) >= 11 is 3.50. The van der Waals surface area contributed by atoms with Crippen LogP contribution < -0.4 is 5.32 Å². The molecule has 0 unspecified atom stereocenters. The van der Waals surface area contributed by atoms with Crippen molar-refractivity contribution in [3.05, 3.63) is 64.1 Å². The molecule has 0 spiro atoms. The lowest BCUT2D eigenvalue weighted by atomic mass is 10.1. The molecular formula is C18H18BrN5O. The van der Waals surface area contributed by atoms with Gasteiger partial charge in [-0.25, -0.2) is 0 Å². The van der Waals surface area contributed by atoms with Crippen LogP contribution in [0.5, 0.6) is 0 Å². The Hall–Kier alpha value is -2.54. The predicted octanol–water partition coefficient (Wildman–Crippen LogP) is 3.29. The van der Waals surface area contributed by atoms with Crippen LogP contribution in [0.2, 0.25) is 0 Å². The van der Waals surface area contributed by atoms with Crippen LogP contribution in [-0.4, -0.2) is 26.1 Å². The van der Waals surface area contributed by atoms with E-state index in [-0.39, 0.29) is 18.5 Å². The maximum atomic E-state index is 12.2. The molecule has 0 bridgehead atoms. The number of aromatic nitrogens is 4. The fourth-order valence-electron chi connectivity index (χ4n) is 2.45. The number of nitrogens with one attached hydrogen (secondary N) is 1. The number of carbonyl (C=O) groups is 1. The molecule has 1 atom stereocenters. The lowest BCUT2D eigenvalue weighted by Gasteiger charge is -2.15. The monoisotopic (exact) mass is 399 g/mol. The van der Waals surface area contributed by atoms with Gasteiger partial charge < -0.3 is 5.32 Å². The molecule has 0 fully saturated rings. The van der Waals surface area contributed by atoms with Gasteiger partial charge in [-0.15, -0.1) is 10.2 Å². The number of halogens is 1. The van der Waals surface area contributed by atoms with Gasteiger partial charge in [0.1, 0.15) is 6.54 Å². The highest BCUT2D eigenvalue weighted by atomic mass is 79.9. The van der Waals surface area contributed by atoms with Crippen molar-refractivity contribution in [1.29, 1.82) is 0 Å². The summed E-state index contributed by atoms with van der Waals surface area (Å²) in [6.07, 6.45) is 0. The molecule has 128 valence electrons. The van der Waals surface area contributed by atoms with Crippen molar-refractivity contribution in [2.75, 3.05) is 0 Å². The van der Waals surface area contributed by atoms with Crippen LogP contribution in [0.1, 0.15) is 24.1 Å². The number of amides is 1. The molecule has 0 radical (unpaired) electrons. The molecule has 1 N–H and O–H groups in total. The summed E-state index contributed by atoms with van der Waals surface area (Å²) in [5.74, 6) is 0.336. The quantitative estimate of drug-likeness (QED) is 0.714. The standard InChI is InChI=1S/C18H18BrN5O/c1-12-7-9-14(10-8-12)18-21-23-24(22-18)11-17(25)20-13(2)15-5-3-4-6-16(15)19/h3-10,13H,11H2,1-2H3,(H,20,25)/t13-/m1/s1. The second-order valence-electron chi connectivity index (χ2n) is 5.82. The highest BCUT2D eigenvalue weighted by Gasteiger charge is 2.14. The summed E-state index contributed by atoms with van der Waals surface area (Å²) < 4.78 is 0.961. The van der Waals surface area contributed by atoms with Crippen LogP contribution >= 0.6 is 15.9 Å². The Morgan fingerprint density at radius 2 is 1.92 bits per heavy atom. The molecule has 0 saturated heterocycles. The Balaban J connectivity index is 1.64. The largest absolute Gasteiger partial charge is 0.348 e. The number of benzene rings is 2. The summed E-state index contributed by atoms with van der Waals surface area (Å²) in [5.41, 5.74) is 3.05. The van der Waals surface area contributed by atoms with Gasteiger partial charge in [0.05, 0.1) is 6.04 Å². The van der Waals surface area contributed by atoms with Crippen LogP contribution in [0.4, 0.5) is 0 Å². The minimum absolute atomic E-state index is 0.0215. The number of aryl methyl sites for hydroxylation is 1. The van der Waals surface area contributed by atoms with Crippen molar-refractivity contribution < 1.29 is 4.79 Å². The van der Waals surface area contributed by atoms with Crippen molar-refractivity contribution in [3.8, 4) is 11.4 Å². The maximum Gasteiger partial charge on any atom is 0.244 e. The molecule has 2 aromatic carbocycles. The third-order valence-corrected chi connectivity index (χ3v) is 4.52. The molecule has 1 amide bonds. The molecular weight excluding hydrogens is 382 g/mol. The molecule has 3 rings (SSSR count). The molecule has 7 heteroatoms. The van der Waals surface area contributed by atoms with E-state index >= 15 is 0 Å². The number of carbonyl (C=O) groups excluding carboxylic acids is 1. The van der Waals surface area contributed by atoms with Crippen molar-refractivity contribution in [3.63, 3.8) is 0 Å². The molecule has 0 saturated carbocycles. The first-order chi connectivity index (χ1) is 12.0. The summed E-state index contributed by atoms with van der Waals surface area (Å²) in [7, 11) is 0. The molecule has 1 heterocycles. The van der Waals surface area contributed by atoms with Crippen molar-refractivity contribution in [2.24, 2.45) is 0 Å². The van der Waals surface area contributed by atoms with Gasteiger partial charge in [0.2, 0.25) is 11.7 Å². The first-order valence-corrected chi connectivity index (χ1v) is 8.71. The van der Waals surface area contributed by atoms with Crippen molar-refractivity contribution >= 4 is 21.8 Å². The zero-order valence-electron chi connectivity index (χ0n) is 14.0. The third-order valence-electron chi connectivity index (χ3n) is 3.80. The zero-order chi connectivity index (χ0) is 17.8. The van der Waals surface area contributed by atoms with E-state index in [1.807, 2.05) is 62.4 Å². The molecule has 0 aliphatic rings. The van der Waals surface area contributed by atoms with Crippen LogP contribution in [-0.2, 0) is 11.3 Å². The average molecular weight is 400 g/mol. The smallest absolute Gasteiger partial charge is 0.244 e. The highest BCUT2D eigenvalue weighted by molar-refractivity contribution is 9.10. The molecule has 1 aromatic heterocycles. The van der Waals surface area contributed by atoms with Gasteiger partial charge >= 0.3 is 0 Å². The Morgan fingerprint density at radius 3 is 2.64 bits per heavy atom. The number of nitrogens with zero attached hydrogens (tertiary/aromatic N) is 4. The minimum atomic E-state index is -0.170. The Morgan fingerprint density at radius 1 is 1.20 bits per heavy atom. The van der Waals surface area contributed by atoms with Gasteiger partial charge in [0, 0.05) is 10.0 Å². The van der Waals surface area contributed by atoms with E-state index in [2.05, 4.69) is 36.7 Å². The number of rotatable bonds is 5. The zero-order valence-corrected chi connectivity index (χ0v) is 15.6. The van der Waals surface area contributed by atoms with Crippen LogP contribution in [0.15, 0.2) is 53.0 Å². The topological polar surface area (TPSA) is 72.7 Å². The number of tetrazole rings is 1. The second-order valence-corrected chi connectivity index (χ2v) is 6.67. The number of hydrogen-bond donors (Lipinski definition) is 1. The third kappa shape index (κ3) is 4.30. The molecule has 0 aliphatic carbocycles. The van der Waals surface area contributed by atoms with E-state index in [0.29, 0.717) is 5.82 Å². The summed E-state index contributed by atoms with van der Waals surface area (Å²) in [6, 6.07) is 15.5. The van der Waals surface area contributed by atoms with Gasteiger partial charge in [-0.1, -0.05) is 64.0 Å². The first-order valence-electron chi connectivity index (χ1n) is 7.91. The van der Waals surface area contributed by atoms with Crippen molar-refractivity contribution in [2.45, 2.75) is 26.4 Å². The van der Waals surface area contributed by atoms with Gasteiger partial charge in [0.25, 0.3) is 0 Å². The van der Waals surface area contributed by atoms with E-state index in [9.17, 15) is 4.79 Å². The second kappa shape index (κ2) is 7.57. The lowest BCUT2D eigenvalue weighted by Crippen LogP contribution is -2.31. The van der Waals surface area contributed by atoms with E-state index in [1.54, 1.807) is 0 Å². The van der Waals surface area contributed by atoms with Gasteiger partial charge in [0.15, 0.2) is 0 Å². The molecule has 25 heavy (non-hydrogen) atoms. The van der Waals surface area contributed by atoms with Crippen LogP contribution in [0.25, 0.3) is 11.4 Å². The van der Waals surface area contributed by atoms with Crippen LogP contribution in [0.3, 0.4) is 0 Å². The van der Waals surface area contributed by atoms with Gasteiger partial charge in [-0.3, -0.25) is 4.79 Å². The van der Waals surface area contributed by atoms with E-state index in [4.69, 9.17) is 0 Å². The average Bonchev–Trinajstić information content (AvgIpc) is 3.04. The summed E-state index contributed by atoms with van der Waals surface area (Å²) in [5, 5.41) is 15.2. The van der Waals surface area contributed by atoms with Crippen molar-refractivity contribution in [1.82, 2.24) is 25.5 Å². The fourth-order valence-corrected chi connectivity index (χ4v) is 3.08. The molecule has 6 nitrogen and oxygen atoms in total. The summed E-state index contributed by atoms with van der Waals surface area (Å²) in [4.78, 5) is 13.5. The molecule has 3 aromatic rings. The Kier molecular flexibility index (Phi) is 5.23. The lowest BCUT2D eigenvalue weighted by molar-refractivity contribution is -0.122. The summed E-state index contributed by atoms with van der Waals surface area (Å²) in [6.45, 7) is 3.97. The SMILES string of the molecule is Cc1ccc(-c2nnn(CC(=O)N[C@H](C)c3ccccc3Br)n2)cc1. The normalized spacial score (nSPS) is 12.0. The van der Waals surface area contributed by atoms with E-state index in [0.717, 1.165) is 21.2 Å². The highest BCUT2D eigenvalue weighted by Crippen LogP contribution is 2.22. The van der Waals surface area contributed by atoms with Gasteiger partial charge in [-0.2, -0.15) is 4.80 Å². The van der Waals surface area contributed by atoms with E-state index < -0.39 is 0 Å². The number of hydrogen-bond acceptors (Lipinski definition) is 4. The van der Waals surface area contributed by atoms with Gasteiger partial charge in [-0.05, 0) is 30.7 Å². The Bertz CT molecular complexity index is 875.